The van der Waals surface area contributed by atoms with E-state index < -0.39 is 12.2 Å². The minimum absolute atomic E-state index is 0.0121. The van der Waals surface area contributed by atoms with Crippen molar-refractivity contribution in [2.24, 2.45) is 0 Å². The molecule has 0 bridgehead atoms. The number of aromatic hydroxyl groups is 2. The molecule has 2 atom stereocenters. The Hall–Kier alpha value is -2.74. The van der Waals surface area contributed by atoms with Crippen molar-refractivity contribution < 1.29 is 20.4 Å². The van der Waals surface area contributed by atoms with E-state index in [1.807, 2.05) is 0 Å². The van der Waals surface area contributed by atoms with Gasteiger partial charge in [-0.1, -0.05) is 34.8 Å². The molecule has 1 saturated carbocycles. The fourth-order valence-electron chi connectivity index (χ4n) is 4.88. The number of nitrogens with one attached hydrogen (secondary N) is 4. The average molecular weight is 533 g/mol. The van der Waals surface area contributed by atoms with Crippen LogP contribution in [0.25, 0.3) is 20.4 Å². The van der Waals surface area contributed by atoms with Gasteiger partial charge in [-0.15, -0.1) is 0 Å². The summed E-state index contributed by atoms with van der Waals surface area (Å²) in [5.74, 6) is -0.0242. The molecule has 0 radical (unpaired) electrons. The van der Waals surface area contributed by atoms with Crippen molar-refractivity contribution in [3.05, 3.63) is 54.7 Å². The lowest BCUT2D eigenvalue weighted by molar-refractivity contribution is 0.156. The van der Waals surface area contributed by atoms with Gasteiger partial charge in [0.25, 0.3) is 0 Å². The molecule has 5 rings (SSSR count). The second-order valence-corrected chi connectivity index (χ2v) is 11.1. The van der Waals surface area contributed by atoms with Crippen LogP contribution in [0.4, 0.5) is 0 Å². The zero-order chi connectivity index (χ0) is 25.4. The number of phenolic OH excluding ortho intramolecular Hbond substituents is 2. The summed E-state index contributed by atoms with van der Waals surface area (Å²) in [6.07, 6.45) is 2.02. The van der Waals surface area contributed by atoms with Gasteiger partial charge in [-0.2, -0.15) is 0 Å². The van der Waals surface area contributed by atoms with Crippen LogP contribution in [0.2, 0.25) is 0 Å². The van der Waals surface area contributed by atoms with Crippen LogP contribution in [0.5, 0.6) is 11.5 Å². The highest BCUT2D eigenvalue weighted by Crippen LogP contribution is 2.33. The van der Waals surface area contributed by atoms with Crippen LogP contribution < -0.4 is 20.4 Å². The molecule has 1 fully saturated rings. The van der Waals surface area contributed by atoms with Gasteiger partial charge in [0, 0.05) is 36.3 Å². The number of thiazole rings is 2. The number of hydrogen-bond donors (Lipinski definition) is 8. The van der Waals surface area contributed by atoms with E-state index in [1.54, 1.807) is 12.1 Å². The van der Waals surface area contributed by atoms with E-state index in [2.05, 4.69) is 20.6 Å². The van der Waals surface area contributed by atoms with Crippen molar-refractivity contribution in [1.29, 1.82) is 0 Å². The standard InChI is InChI=1S/C24H28N4O6S2/c29-15-7-5-13(21-19(15)27-23(33)35-21)17(31)9-25-11-1-2-12(4-3-11)26-10-18(32)14-6-8-16(30)20-22(14)36-24(34)28-20/h5-8,11-12,17-18,25-26,29-32H,1-4,9-10H2,(H,27,33)(H,28,34)/t11?,12?,17-,18-/m0/s1. The lowest BCUT2D eigenvalue weighted by Crippen LogP contribution is -2.42. The third-order valence-electron chi connectivity index (χ3n) is 6.82. The Kier molecular flexibility index (Phi) is 7.15. The first-order chi connectivity index (χ1) is 17.3. The van der Waals surface area contributed by atoms with E-state index >= 15 is 0 Å². The summed E-state index contributed by atoms with van der Waals surface area (Å²) in [4.78, 5) is 28.1. The first kappa shape index (κ1) is 24.9. The fourth-order valence-corrected chi connectivity index (χ4v) is 6.72. The van der Waals surface area contributed by atoms with Crippen LogP contribution in [0.3, 0.4) is 0 Å². The minimum Gasteiger partial charge on any atom is -0.506 e. The molecular formula is C24H28N4O6S2. The zero-order valence-electron chi connectivity index (χ0n) is 19.3. The highest BCUT2D eigenvalue weighted by Gasteiger charge is 2.24. The molecule has 12 heteroatoms. The number of aromatic nitrogens is 2. The Balaban J connectivity index is 1.11. The summed E-state index contributed by atoms with van der Waals surface area (Å²) < 4.78 is 1.14. The highest BCUT2D eigenvalue weighted by molar-refractivity contribution is 7.17. The number of H-pyrrole nitrogens is 2. The molecule has 10 nitrogen and oxygen atoms in total. The van der Waals surface area contributed by atoms with Gasteiger partial charge in [0.1, 0.15) is 22.5 Å². The fraction of sp³-hybridized carbons (Fsp3) is 0.417. The number of fused-ring (bicyclic) bond motifs is 2. The van der Waals surface area contributed by atoms with Gasteiger partial charge in [-0.05, 0) is 37.8 Å². The van der Waals surface area contributed by atoms with Crippen molar-refractivity contribution in [1.82, 2.24) is 20.6 Å². The smallest absolute Gasteiger partial charge is 0.305 e. The predicted octanol–water partition coefficient (Wildman–Crippen LogP) is 2.16. The number of rotatable bonds is 8. The van der Waals surface area contributed by atoms with Crippen LogP contribution in [0.15, 0.2) is 33.9 Å². The number of phenols is 2. The molecule has 0 aliphatic heterocycles. The van der Waals surface area contributed by atoms with Crippen molar-refractivity contribution in [2.45, 2.75) is 50.0 Å². The molecule has 2 heterocycles. The minimum atomic E-state index is -0.808. The molecule has 4 aromatic rings. The number of benzene rings is 2. The van der Waals surface area contributed by atoms with Crippen LogP contribution in [-0.2, 0) is 0 Å². The highest BCUT2D eigenvalue weighted by atomic mass is 32.1. The molecule has 2 aromatic heterocycles. The number of aliphatic hydroxyl groups excluding tert-OH is 2. The topological polar surface area (TPSA) is 171 Å². The third-order valence-corrected chi connectivity index (χ3v) is 8.68. The second-order valence-electron chi connectivity index (χ2n) is 9.18. The monoisotopic (exact) mass is 532 g/mol. The maximum atomic E-state index is 11.7. The summed E-state index contributed by atoms with van der Waals surface area (Å²) in [5.41, 5.74) is 1.93. The van der Waals surface area contributed by atoms with Crippen LogP contribution in [-0.4, -0.2) is 55.6 Å². The molecule has 0 spiro atoms. The maximum Gasteiger partial charge on any atom is 0.305 e. The molecule has 1 aliphatic carbocycles. The van der Waals surface area contributed by atoms with Gasteiger partial charge in [0.2, 0.25) is 0 Å². The summed E-state index contributed by atoms with van der Waals surface area (Å²) in [5, 5.41) is 48.2. The van der Waals surface area contributed by atoms with E-state index in [9.17, 15) is 30.0 Å². The van der Waals surface area contributed by atoms with E-state index in [0.29, 0.717) is 44.6 Å². The molecule has 36 heavy (non-hydrogen) atoms. The lowest BCUT2D eigenvalue weighted by atomic mass is 9.90. The Morgan fingerprint density at radius 1 is 0.750 bits per heavy atom. The van der Waals surface area contributed by atoms with Crippen molar-refractivity contribution in [3.63, 3.8) is 0 Å². The van der Waals surface area contributed by atoms with Gasteiger partial charge < -0.3 is 41.0 Å². The summed E-state index contributed by atoms with van der Waals surface area (Å²) in [6.45, 7) is 0.674. The van der Waals surface area contributed by atoms with Crippen molar-refractivity contribution >= 4 is 43.1 Å². The van der Waals surface area contributed by atoms with E-state index in [1.165, 1.54) is 12.1 Å². The Labute approximate surface area is 213 Å². The normalized spacial score (nSPS) is 20.2. The van der Waals surface area contributed by atoms with Gasteiger partial charge >= 0.3 is 9.75 Å². The second kappa shape index (κ2) is 10.3. The molecule has 0 amide bonds. The van der Waals surface area contributed by atoms with Crippen LogP contribution in [0.1, 0.15) is 49.0 Å². The van der Waals surface area contributed by atoms with Gasteiger partial charge in [0.05, 0.1) is 21.6 Å². The SMILES string of the molecule is O=c1[nH]c2c(O)ccc([C@@H](O)CNC3CCC(NC[C@H](O)c4ccc(O)c5[nH]c(=O)sc45)CC3)c2s1. The zero-order valence-corrected chi connectivity index (χ0v) is 20.9. The number of hydrogen-bond acceptors (Lipinski definition) is 10. The predicted molar refractivity (Wildman–Crippen MR) is 140 cm³/mol. The summed E-state index contributed by atoms with van der Waals surface area (Å²) in [7, 11) is 0. The third kappa shape index (κ3) is 5.05. The summed E-state index contributed by atoms with van der Waals surface area (Å²) in [6, 6.07) is 6.74. The van der Waals surface area contributed by atoms with Crippen LogP contribution in [0, 0.1) is 0 Å². The van der Waals surface area contributed by atoms with Crippen LogP contribution >= 0.6 is 22.7 Å². The molecule has 8 N–H and O–H groups in total. The van der Waals surface area contributed by atoms with Gasteiger partial charge in [0.15, 0.2) is 0 Å². The lowest BCUT2D eigenvalue weighted by Gasteiger charge is -2.31. The van der Waals surface area contributed by atoms with Crippen molar-refractivity contribution in [3.8, 4) is 11.5 Å². The molecular weight excluding hydrogens is 504 g/mol. The first-order valence-corrected chi connectivity index (χ1v) is 13.5. The van der Waals surface area contributed by atoms with E-state index in [-0.39, 0.29) is 33.3 Å². The summed E-state index contributed by atoms with van der Waals surface area (Å²) >= 11 is 1.95. The Morgan fingerprint density at radius 3 is 1.53 bits per heavy atom. The largest absolute Gasteiger partial charge is 0.506 e. The van der Waals surface area contributed by atoms with E-state index in [0.717, 1.165) is 48.4 Å². The molecule has 2 aromatic carbocycles. The van der Waals surface area contributed by atoms with Crippen molar-refractivity contribution in [2.75, 3.05) is 13.1 Å². The van der Waals surface area contributed by atoms with Gasteiger partial charge in [-0.3, -0.25) is 9.59 Å². The number of aliphatic hydroxyl groups is 2. The molecule has 0 unspecified atom stereocenters. The molecule has 192 valence electrons. The number of aromatic amines is 2. The molecule has 1 aliphatic rings. The van der Waals surface area contributed by atoms with Gasteiger partial charge in [-0.25, -0.2) is 0 Å². The Bertz CT molecular complexity index is 1370. The average Bonchev–Trinajstić information content (AvgIpc) is 3.45. The first-order valence-electron chi connectivity index (χ1n) is 11.8. The van der Waals surface area contributed by atoms with E-state index in [4.69, 9.17) is 0 Å². The Morgan fingerprint density at radius 2 is 1.14 bits per heavy atom. The molecule has 0 saturated heterocycles. The maximum absolute atomic E-state index is 11.7. The quantitative estimate of drug-likeness (QED) is 0.171.